The molecule has 1 N–H and O–H groups in total. The van der Waals surface area contributed by atoms with Crippen molar-refractivity contribution in [1.29, 1.82) is 0 Å². The van der Waals surface area contributed by atoms with Crippen LogP contribution in [0.1, 0.15) is 18.1 Å². The van der Waals surface area contributed by atoms with Crippen molar-refractivity contribution in [2.75, 3.05) is 11.5 Å². The Morgan fingerprint density at radius 3 is 2.93 bits per heavy atom. The molecule has 1 aliphatic rings. The van der Waals surface area contributed by atoms with Gasteiger partial charge >= 0.3 is 5.97 Å². The third-order valence-corrected chi connectivity index (χ3v) is 4.81. The van der Waals surface area contributed by atoms with E-state index in [2.05, 4.69) is 0 Å². The first-order valence-electron chi connectivity index (χ1n) is 8.77. The predicted molar refractivity (Wildman–Crippen MR) is 99.6 cm³/mol. The highest BCUT2D eigenvalue weighted by Crippen LogP contribution is 2.31. The van der Waals surface area contributed by atoms with Crippen LogP contribution in [0.25, 0.3) is 11.0 Å². The van der Waals surface area contributed by atoms with Crippen molar-refractivity contribution in [1.82, 2.24) is 0 Å². The van der Waals surface area contributed by atoms with E-state index in [1.165, 1.54) is 18.4 Å². The summed E-state index contributed by atoms with van der Waals surface area (Å²) in [6.07, 6.45) is 2.26. The lowest BCUT2D eigenvalue weighted by molar-refractivity contribution is -0.147. The molecule has 2 aromatic carbocycles. The summed E-state index contributed by atoms with van der Waals surface area (Å²) >= 11 is 0. The van der Waals surface area contributed by atoms with Crippen LogP contribution < -0.4 is 4.90 Å². The maximum Gasteiger partial charge on any atom is 0.310 e. The molecule has 1 aromatic heterocycles. The fraction of sp³-hybridized carbons (Fsp3) is 0.238. The number of carbonyl (C=O) groups excluding carboxylic acids is 2. The van der Waals surface area contributed by atoms with Gasteiger partial charge in [0, 0.05) is 28.7 Å². The van der Waals surface area contributed by atoms with Gasteiger partial charge in [0.1, 0.15) is 11.3 Å². The van der Waals surface area contributed by atoms with Crippen molar-refractivity contribution in [2.24, 2.45) is 0 Å². The number of hydrogen-bond acceptors (Lipinski definition) is 5. The highest BCUT2D eigenvalue weighted by atomic mass is 16.5. The number of aromatic hydroxyl groups is 1. The highest BCUT2D eigenvalue weighted by Gasteiger charge is 2.31. The molecule has 138 valence electrons. The average molecular weight is 365 g/mol. The molecule has 3 aromatic rings. The van der Waals surface area contributed by atoms with Gasteiger partial charge in [-0.25, -0.2) is 0 Å². The number of furan rings is 1. The summed E-state index contributed by atoms with van der Waals surface area (Å²) in [4.78, 5) is 26.5. The number of ether oxygens (including phenoxy) is 1. The second-order valence-corrected chi connectivity index (χ2v) is 6.72. The van der Waals surface area contributed by atoms with Crippen LogP contribution in [0, 0.1) is 0 Å². The van der Waals surface area contributed by atoms with Gasteiger partial charge in [0.05, 0.1) is 12.7 Å². The van der Waals surface area contributed by atoms with E-state index in [-0.39, 0.29) is 30.7 Å². The largest absolute Gasteiger partial charge is 0.508 e. The molecule has 0 saturated carbocycles. The summed E-state index contributed by atoms with van der Waals surface area (Å²) in [5.41, 5.74) is 3.16. The number of carbonyl (C=O) groups is 2. The Bertz CT molecular complexity index is 1020. The van der Waals surface area contributed by atoms with E-state index >= 15 is 0 Å². The van der Waals surface area contributed by atoms with Crippen molar-refractivity contribution in [3.05, 3.63) is 59.9 Å². The number of phenols is 1. The highest BCUT2D eigenvalue weighted by molar-refractivity contribution is 5.98. The van der Waals surface area contributed by atoms with Gasteiger partial charge in [-0.05, 0) is 37.1 Å². The van der Waals surface area contributed by atoms with Crippen molar-refractivity contribution in [2.45, 2.75) is 25.8 Å². The number of anilines is 1. The molecule has 0 spiro atoms. The maximum atomic E-state index is 12.6. The third kappa shape index (κ3) is 3.26. The molecule has 1 amide bonds. The third-order valence-electron chi connectivity index (χ3n) is 4.81. The van der Waals surface area contributed by atoms with Gasteiger partial charge in [0.15, 0.2) is 6.61 Å². The van der Waals surface area contributed by atoms with Gasteiger partial charge in [-0.15, -0.1) is 0 Å². The van der Waals surface area contributed by atoms with E-state index in [9.17, 15) is 14.7 Å². The summed E-state index contributed by atoms with van der Waals surface area (Å²) < 4.78 is 10.6. The van der Waals surface area contributed by atoms with E-state index in [4.69, 9.17) is 9.15 Å². The molecule has 0 bridgehead atoms. The normalized spacial score (nSPS) is 15.7. The molecule has 4 rings (SSSR count). The first-order chi connectivity index (χ1) is 13.0. The monoisotopic (exact) mass is 365 g/mol. The van der Waals surface area contributed by atoms with Gasteiger partial charge in [0.2, 0.25) is 0 Å². The van der Waals surface area contributed by atoms with E-state index in [1.807, 2.05) is 31.2 Å². The minimum Gasteiger partial charge on any atom is -0.508 e. The summed E-state index contributed by atoms with van der Waals surface area (Å²) in [5, 5.41) is 10.2. The standard InChI is InChI=1S/C21H19NO5/c1-13-8-14-4-2-3-5-18(14)22(13)20(24)12-27-21(25)9-15-11-26-19-10-16(23)6-7-17(15)19/h2-7,10-11,13,23H,8-9,12H2,1H3/t13-/m1/s1. The van der Waals surface area contributed by atoms with Crippen LogP contribution in [0.2, 0.25) is 0 Å². The van der Waals surface area contributed by atoms with Crippen molar-refractivity contribution in [3.63, 3.8) is 0 Å². The Labute approximate surface area is 156 Å². The van der Waals surface area contributed by atoms with Gasteiger partial charge < -0.3 is 19.2 Å². The summed E-state index contributed by atoms with van der Waals surface area (Å²) in [6.45, 7) is 1.68. The van der Waals surface area contributed by atoms with Gasteiger partial charge in [-0.1, -0.05) is 18.2 Å². The molecule has 1 aliphatic heterocycles. The number of fused-ring (bicyclic) bond motifs is 2. The molecule has 2 heterocycles. The van der Waals surface area contributed by atoms with Crippen molar-refractivity contribution in [3.8, 4) is 5.75 Å². The fourth-order valence-corrected chi connectivity index (χ4v) is 3.57. The number of nitrogens with zero attached hydrogens (tertiary/aromatic N) is 1. The molecule has 0 saturated heterocycles. The molecule has 27 heavy (non-hydrogen) atoms. The zero-order valence-electron chi connectivity index (χ0n) is 14.8. The molecule has 0 fully saturated rings. The number of esters is 1. The molecule has 0 unspecified atom stereocenters. The maximum absolute atomic E-state index is 12.6. The number of benzene rings is 2. The smallest absolute Gasteiger partial charge is 0.310 e. The fourth-order valence-electron chi connectivity index (χ4n) is 3.57. The molecule has 1 atom stereocenters. The number of para-hydroxylation sites is 1. The Balaban J connectivity index is 1.40. The van der Waals surface area contributed by atoms with Gasteiger partial charge in [-0.3, -0.25) is 9.59 Å². The number of amides is 1. The summed E-state index contributed by atoms with van der Waals surface area (Å²) in [5.74, 6) is -0.640. The average Bonchev–Trinajstić information content (AvgIpc) is 3.19. The number of hydrogen-bond donors (Lipinski definition) is 1. The molecule has 6 nitrogen and oxygen atoms in total. The first kappa shape index (κ1) is 17.1. The van der Waals surface area contributed by atoms with Crippen LogP contribution in [0.5, 0.6) is 5.75 Å². The summed E-state index contributed by atoms with van der Waals surface area (Å²) in [6, 6.07) is 12.5. The number of phenolic OH excluding ortho intramolecular Hbond substituents is 1. The molecular weight excluding hydrogens is 346 g/mol. The lowest BCUT2D eigenvalue weighted by atomic mass is 10.1. The minimum absolute atomic E-state index is 0.00278. The van der Waals surface area contributed by atoms with Crippen LogP contribution in [0.15, 0.2) is 53.1 Å². The quantitative estimate of drug-likeness (QED) is 0.718. The van der Waals surface area contributed by atoms with Crippen LogP contribution in [-0.4, -0.2) is 29.6 Å². The van der Waals surface area contributed by atoms with E-state index < -0.39 is 5.97 Å². The predicted octanol–water partition coefficient (Wildman–Crippen LogP) is 3.20. The lowest BCUT2D eigenvalue weighted by Crippen LogP contribution is -2.38. The Hall–Kier alpha value is -3.28. The van der Waals surface area contributed by atoms with Crippen molar-refractivity contribution < 1.29 is 23.8 Å². The Morgan fingerprint density at radius 1 is 1.26 bits per heavy atom. The molecule has 6 heteroatoms. The minimum atomic E-state index is -0.501. The Kier molecular flexibility index (Phi) is 4.32. The van der Waals surface area contributed by atoms with Gasteiger partial charge in [0.25, 0.3) is 5.91 Å². The Morgan fingerprint density at radius 2 is 2.07 bits per heavy atom. The van der Waals surface area contributed by atoms with E-state index in [0.717, 1.165) is 23.1 Å². The van der Waals surface area contributed by atoms with E-state index in [0.29, 0.717) is 11.1 Å². The van der Waals surface area contributed by atoms with E-state index in [1.54, 1.807) is 11.0 Å². The van der Waals surface area contributed by atoms with Crippen LogP contribution in [-0.2, 0) is 27.2 Å². The van der Waals surface area contributed by atoms with Crippen LogP contribution >= 0.6 is 0 Å². The summed E-state index contributed by atoms with van der Waals surface area (Å²) in [7, 11) is 0. The topological polar surface area (TPSA) is 80.0 Å². The van der Waals surface area contributed by atoms with Crippen LogP contribution in [0.4, 0.5) is 5.69 Å². The zero-order valence-corrected chi connectivity index (χ0v) is 14.8. The molecular formula is C21H19NO5. The van der Waals surface area contributed by atoms with Gasteiger partial charge in [-0.2, -0.15) is 0 Å². The molecule has 0 aliphatic carbocycles. The number of rotatable bonds is 4. The van der Waals surface area contributed by atoms with Crippen LogP contribution in [0.3, 0.4) is 0 Å². The first-order valence-corrected chi connectivity index (χ1v) is 8.77. The zero-order chi connectivity index (χ0) is 19.0. The second-order valence-electron chi connectivity index (χ2n) is 6.72. The lowest BCUT2D eigenvalue weighted by Gasteiger charge is -2.22. The molecule has 0 radical (unpaired) electrons. The SMILES string of the molecule is C[C@@H]1Cc2ccccc2N1C(=O)COC(=O)Cc1coc2cc(O)ccc12. The second kappa shape index (κ2) is 6.79. The van der Waals surface area contributed by atoms with Crippen molar-refractivity contribution >= 4 is 28.5 Å².